The predicted octanol–water partition coefficient (Wildman–Crippen LogP) is 2.37. The number of halogens is 2. The fourth-order valence-corrected chi connectivity index (χ4v) is 1.99. The number of hydrogen-bond acceptors (Lipinski definition) is 3. The molecule has 0 saturated carbocycles. The third-order valence-electron chi connectivity index (χ3n) is 2.93. The second-order valence-corrected chi connectivity index (χ2v) is 4.47. The van der Waals surface area contributed by atoms with Crippen molar-refractivity contribution in [2.75, 3.05) is 19.8 Å². The molecular formula is C12H22F2O3. The summed E-state index contributed by atoms with van der Waals surface area (Å²) in [6.45, 7) is 0.517. The third kappa shape index (κ3) is 7.63. The van der Waals surface area contributed by atoms with Gasteiger partial charge in [0.25, 0.3) is 6.43 Å². The van der Waals surface area contributed by atoms with E-state index in [1.165, 1.54) is 0 Å². The van der Waals surface area contributed by atoms with Crippen LogP contribution in [-0.4, -0.2) is 43.6 Å². The lowest BCUT2D eigenvalue weighted by Gasteiger charge is -2.12. The Balaban J connectivity index is 1.88. The van der Waals surface area contributed by atoms with Crippen LogP contribution < -0.4 is 0 Å². The lowest BCUT2D eigenvalue weighted by atomic mass is 10.1. The SMILES string of the molecule is OC(CCCC1CCCO1)CCOCC(F)F. The van der Waals surface area contributed by atoms with Crippen molar-refractivity contribution in [3.63, 3.8) is 0 Å². The van der Waals surface area contributed by atoms with Gasteiger partial charge in [-0.3, -0.25) is 0 Å². The highest BCUT2D eigenvalue weighted by Crippen LogP contribution is 2.18. The molecule has 1 N–H and O–H groups in total. The second-order valence-electron chi connectivity index (χ2n) is 4.47. The zero-order chi connectivity index (χ0) is 12.5. The van der Waals surface area contributed by atoms with Crippen LogP contribution >= 0.6 is 0 Å². The minimum absolute atomic E-state index is 0.200. The molecule has 1 saturated heterocycles. The van der Waals surface area contributed by atoms with E-state index in [1.807, 2.05) is 0 Å². The Kier molecular flexibility index (Phi) is 7.64. The van der Waals surface area contributed by atoms with Crippen molar-refractivity contribution in [2.45, 2.75) is 57.2 Å². The van der Waals surface area contributed by atoms with Gasteiger partial charge in [0.1, 0.15) is 6.61 Å². The summed E-state index contributed by atoms with van der Waals surface area (Å²) in [6, 6.07) is 0. The average Bonchev–Trinajstić information content (AvgIpc) is 2.77. The largest absolute Gasteiger partial charge is 0.393 e. The summed E-state index contributed by atoms with van der Waals surface area (Å²) < 4.78 is 33.6. The highest BCUT2D eigenvalue weighted by atomic mass is 19.3. The Morgan fingerprint density at radius 1 is 1.35 bits per heavy atom. The minimum Gasteiger partial charge on any atom is -0.393 e. The summed E-state index contributed by atoms with van der Waals surface area (Å²) in [5.41, 5.74) is 0. The first kappa shape index (κ1) is 14.8. The van der Waals surface area contributed by atoms with E-state index in [-0.39, 0.29) is 6.61 Å². The molecule has 0 radical (unpaired) electrons. The Morgan fingerprint density at radius 2 is 2.18 bits per heavy atom. The predicted molar refractivity (Wildman–Crippen MR) is 60.3 cm³/mol. The van der Waals surface area contributed by atoms with Crippen molar-refractivity contribution < 1.29 is 23.4 Å². The number of aliphatic hydroxyl groups is 1. The molecule has 5 heteroatoms. The van der Waals surface area contributed by atoms with Gasteiger partial charge in [-0.15, -0.1) is 0 Å². The van der Waals surface area contributed by atoms with Gasteiger partial charge in [0.15, 0.2) is 0 Å². The van der Waals surface area contributed by atoms with E-state index in [0.29, 0.717) is 18.9 Å². The Labute approximate surface area is 101 Å². The van der Waals surface area contributed by atoms with Crippen LogP contribution in [0.4, 0.5) is 8.78 Å². The molecule has 0 aliphatic carbocycles. The molecule has 0 bridgehead atoms. The molecule has 1 fully saturated rings. The van der Waals surface area contributed by atoms with Crippen LogP contribution in [0, 0.1) is 0 Å². The molecule has 1 aliphatic rings. The molecule has 2 unspecified atom stereocenters. The van der Waals surface area contributed by atoms with E-state index in [2.05, 4.69) is 0 Å². The highest BCUT2D eigenvalue weighted by Gasteiger charge is 2.15. The van der Waals surface area contributed by atoms with E-state index in [9.17, 15) is 13.9 Å². The first-order chi connectivity index (χ1) is 8.18. The lowest BCUT2D eigenvalue weighted by molar-refractivity contribution is 0.00353. The molecule has 1 rings (SSSR count). The van der Waals surface area contributed by atoms with Gasteiger partial charge >= 0.3 is 0 Å². The van der Waals surface area contributed by atoms with E-state index in [0.717, 1.165) is 32.3 Å². The van der Waals surface area contributed by atoms with Crippen molar-refractivity contribution in [1.82, 2.24) is 0 Å². The number of rotatable bonds is 9. The summed E-state index contributed by atoms with van der Waals surface area (Å²) in [7, 11) is 0. The summed E-state index contributed by atoms with van der Waals surface area (Å²) in [4.78, 5) is 0. The van der Waals surface area contributed by atoms with Crippen molar-refractivity contribution in [1.29, 1.82) is 0 Å². The fraction of sp³-hybridized carbons (Fsp3) is 1.00. The normalized spacial score (nSPS) is 22.2. The van der Waals surface area contributed by atoms with Crippen molar-refractivity contribution in [3.05, 3.63) is 0 Å². The molecular weight excluding hydrogens is 230 g/mol. The van der Waals surface area contributed by atoms with Gasteiger partial charge in [-0.05, 0) is 38.5 Å². The fourth-order valence-electron chi connectivity index (χ4n) is 1.99. The maximum absolute atomic E-state index is 11.7. The Hall–Kier alpha value is -0.260. The molecule has 1 heterocycles. The monoisotopic (exact) mass is 252 g/mol. The Bertz CT molecular complexity index is 185. The quantitative estimate of drug-likeness (QED) is 0.640. The lowest BCUT2D eigenvalue weighted by Crippen LogP contribution is -2.14. The molecule has 0 aromatic rings. The van der Waals surface area contributed by atoms with Crippen molar-refractivity contribution in [3.8, 4) is 0 Å². The maximum Gasteiger partial charge on any atom is 0.261 e. The van der Waals surface area contributed by atoms with Gasteiger partial charge in [-0.2, -0.15) is 0 Å². The molecule has 0 aromatic carbocycles. The smallest absolute Gasteiger partial charge is 0.261 e. The minimum atomic E-state index is -2.42. The van der Waals surface area contributed by atoms with Crippen molar-refractivity contribution in [2.24, 2.45) is 0 Å². The van der Waals surface area contributed by atoms with E-state index in [4.69, 9.17) is 9.47 Å². The molecule has 0 aromatic heterocycles. The highest BCUT2D eigenvalue weighted by molar-refractivity contribution is 4.66. The van der Waals surface area contributed by atoms with Gasteiger partial charge in [0.2, 0.25) is 0 Å². The summed E-state index contributed by atoms with van der Waals surface area (Å²) >= 11 is 0. The topological polar surface area (TPSA) is 38.7 Å². The van der Waals surface area contributed by atoms with Gasteiger partial charge in [-0.25, -0.2) is 8.78 Å². The Morgan fingerprint density at radius 3 is 2.82 bits per heavy atom. The summed E-state index contributed by atoms with van der Waals surface area (Å²) in [5.74, 6) is 0. The van der Waals surface area contributed by atoms with E-state index < -0.39 is 19.1 Å². The van der Waals surface area contributed by atoms with Gasteiger partial charge in [0.05, 0.1) is 12.2 Å². The molecule has 2 atom stereocenters. The van der Waals surface area contributed by atoms with E-state index in [1.54, 1.807) is 0 Å². The zero-order valence-corrected chi connectivity index (χ0v) is 10.1. The molecule has 3 nitrogen and oxygen atoms in total. The van der Waals surface area contributed by atoms with Crippen LogP contribution in [0.25, 0.3) is 0 Å². The molecule has 0 amide bonds. The van der Waals surface area contributed by atoms with Crippen LogP contribution in [0.2, 0.25) is 0 Å². The number of aliphatic hydroxyl groups excluding tert-OH is 1. The molecule has 17 heavy (non-hydrogen) atoms. The average molecular weight is 252 g/mol. The first-order valence-corrected chi connectivity index (χ1v) is 6.34. The van der Waals surface area contributed by atoms with Crippen LogP contribution in [0.15, 0.2) is 0 Å². The maximum atomic E-state index is 11.7. The van der Waals surface area contributed by atoms with Crippen LogP contribution in [0.5, 0.6) is 0 Å². The standard InChI is InChI=1S/C12H22F2O3/c13-12(14)9-16-8-6-10(15)3-1-4-11-5-2-7-17-11/h10-12,15H,1-9H2. The first-order valence-electron chi connectivity index (χ1n) is 6.34. The van der Waals surface area contributed by atoms with Crippen molar-refractivity contribution >= 4 is 0 Å². The number of hydrogen-bond donors (Lipinski definition) is 1. The molecule has 102 valence electrons. The number of ether oxygens (including phenoxy) is 2. The second kappa shape index (κ2) is 8.78. The van der Waals surface area contributed by atoms with Gasteiger partial charge < -0.3 is 14.6 Å². The van der Waals surface area contributed by atoms with Crippen LogP contribution in [0.1, 0.15) is 38.5 Å². The number of alkyl halides is 2. The summed E-state index contributed by atoms with van der Waals surface area (Å²) in [5, 5.41) is 9.58. The van der Waals surface area contributed by atoms with Crippen LogP contribution in [-0.2, 0) is 9.47 Å². The van der Waals surface area contributed by atoms with Gasteiger partial charge in [0, 0.05) is 13.2 Å². The van der Waals surface area contributed by atoms with Gasteiger partial charge in [-0.1, -0.05) is 0 Å². The van der Waals surface area contributed by atoms with E-state index >= 15 is 0 Å². The summed E-state index contributed by atoms with van der Waals surface area (Å²) in [6.07, 6.45) is 2.76. The molecule has 1 aliphatic heterocycles. The third-order valence-corrected chi connectivity index (χ3v) is 2.93. The van der Waals surface area contributed by atoms with Crippen LogP contribution in [0.3, 0.4) is 0 Å². The molecule has 0 spiro atoms. The zero-order valence-electron chi connectivity index (χ0n) is 10.1.